The Hall–Kier alpha value is -1.60. The SMILES string of the molecule is CC(C)CCN(C)c1nc(N)nc(C(F)(F)F)n1. The van der Waals surface area contributed by atoms with Gasteiger partial charge in [0.2, 0.25) is 17.7 Å². The molecule has 1 aromatic rings. The van der Waals surface area contributed by atoms with Crippen molar-refractivity contribution < 1.29 is 13.2 Å². The average Bonchev–Trinajstić information content (AvgIpc) is 2.23. The molecule has 0 fully saturated rings. The van der Waals surface area contributed by atoms with Gasteiger partial charge in [0.1, 0.15) is 0 Å². The highest BCUT2D eigenvalue weighted by Crippen LogP contribution is 2.27. The maximum absolute atomic E-state index is 12.5. The Balaban J connectivity index is 2.92. The van der Waals surface area contributed by atoms with Gasteiger partial charge in [-0.05, 0) is 12.3 Å². The van der Waals surface area contributed by atoms with Crippen LogP contribution < -0.4 is 10.6 Å². The molecule has 1 rings (SSSR count). The first-order valence-corrected chi connectivity index (χ1v) is 5.50. The van der Waals surface area contributed by atoms with Gasteiger partial charge < -0.3 is 10.6 Å². The van der Waals surface area contributed by atoms with Gasteiger partial charge in [-0.3, -0.25) is 0 Å². The molecule has 0 unspecified atom stereocenters. The molecule has 0 aliphatic heterocycles. The molecule has 0 aliphatic rings. The molecule has 0 spiro atoms. The smallest absolute Gasteiger partial charge is 0.368 e. The van der Waals surface area contributed by atoms with E-state index < -0.39 is 17.9 Å². The fraction of sp³-hybridized carbons (Fsp3) is 0.700. The maximum Gasteiger partial charge on any atom is 0.451 e. The number of hydrogen-bond acceptors (Lipinski definition) is 5. The zero-order valence-corrected chi connectivity index (χ0v) is 10.5. The molecule has 0 aromatic carbocycles. The first-order valence-electron chi connectivity index (χ1n) is 5.50. The topological polar surface area (TPSA) is 67.9 Å². The number of alkyl halides is 3. The van der Waals surface area contributed by atoms with Crippen molar-refractivity contribution in [3.63, 3.8) is 0 Å². The minimum atomic E-state index is -4.62. The number of anilines is 2. The van der Waals surface area contributed by atoms with E-state index in [0.29, 0.717) is 12.5 Å². The van der Waals surface area contributed by atoms with Gasteiger partial charge in [0.25, 0.3) is 0 Å². The third-order valence-electron chi connectivity index (χ3n) is 2.28. The van der Waals surface area contributed by atoms with Crippen molar-refractivity contribution in [3.8, 4) is 0 Å². The van der Waals surface area contributed by atoms with Crippen molar-refractivity contribution in [2.24, 2.45) is 5.92 Å². The number of hydrogen-bond donors (Lipinski definition) is 1. The van der Waals surface area contributed by atoms with Crippen molar-refractivity contribution in [1.82, 2.24) is 15.0 Å². The molecule has 0 bridgehead atoms. The normalized spacial score (nSPS) is 11.9. The number of rotatable bonds is 4. The summed E-state index contributed by atoms with van der Waals surface area (Å²) in [4.78, 5) is 11.7. The van der Waals surface area contributed by atoms with Crippen LogP contribution in [0.1, 0.15) is 26.1 Å². The molecule has 18 heavy (non-hydrogen) atoms. The van der Waals surface area contributed by atoms with Gasteiger partial charge in [0.05, 0.1) is 0 Å². The van der Waals surface area contributed by atoms with E-state index in [-0.39, 0.29) is 5.95 Å². The lowest BCUT2D eigenvalue weighted by atomic mass is 10.1. The predicted octanol–water partition coefficient (Wildman–Crippen LogP) is 1.95. The largest absolute Gasteiger partial charge is 0.451 e. The monoisotopic (exact) mass is 263 g/mol. The summed E-state index contributed by atoms with van der Waals surface area (Å²) in [5, 5.41) is 0. The predicted molar refractivity (Wildman–Crippen MR) is 62.0 cm³/mol. The van der Waals surface area contributed by atoms with E-state index in [9.17, 15) is 13.2 Å². The molecular formula is C10H16F3N5. The Morgan fingerprint density at radius 2 is 1.83 bits per heavy atom. The van der Waals surface area contributed by atoms with Crippen LogP contribution in [0.2, 0.25) is 0 Å². The van der Waals surface area contributed by atoms with Crippen LogP contribution in [0, 0.1) is 5.92 Å². The quantitative estimate of drug-likeness (QED) is 0.899. The van der Waals surface area contributed by atoms with Crippen molar-refractivity contribution >= 4 is 11.9 Å². The lowest BCUT2D eigenvalue weighted by Gasteiger charge is -2.19. The highest BCUT2D eigenvalue weighted by molar-refractivity contribution is 5.33. The van der Waals surface area contributed by atoms with Crippen LogP contribution in [0.5, 0.6) is 0 Å². The molecule has 0 amide bonds. The summed E-state index contributed by atoms with van der Waals surface area (Å²) in [6, 6.07) is 0. The molecule has 5 nitrogen and oxygen atoms in total. The van der Waals surface area contributed by atoms with Crippen LogP contribution >= 0.6 is 0 Å². The van der Waals surface area contributed by atoms with E-state index in [1.54, 1.807) is 7.05 Å². The van der Waals surface area contributed by atoms with E-state index in [4.69, 9.17) is 5.73 Å². The van der Waals surface area contributed by atoms with Gasteiger partial charge in [-0.15, -0.1) is 0 Å². The average molecular weight is 263 g/mol. The van der Waals surface area contributed by atoms with Crippen LogP contribution in [-0.4, -0.2) is 28.5 Å². The van der Waals surface area contributed by atoms with Crippen LogP contribution in [0.15, 0.2) is 0 Å². The number of aromatic nitrogens is 3. The fourth-order valence-electron chi connectivity index (χ4n) is 1.23. The van der Waals surface area contributed by atoms with Crippen molar-refractivity contribution in [1.29, 1.82) is 0 Å². The molecule has 0 aliphatic carbocycles. The molecule has 2 N–H and O–H groups in total. The zero-order chi connectivity index (χ0) is 13.9. The van der Waals surface area contributed by atoms with Crippen molar-refractivity contribution in [2.45, 2.75) is 26.4 Å². The van der Waals surface area contributed by atoms with Crippen molar-refractivity contribution in [2.75, 3.05) is 24.2 Å². The molecule has 1 aromatic heterocycles. The van der Waals surface area contributed by atoms with Crippen LogP contribution in [0.4, 0.5) is 25.1 Å². The van der Waals surface area contributed by atoms with E-state index in [0.717, 1.165) is 6.42 Å². The van der Waals surface area contributed by atoms with Crippen molar-refractivity contribution in [3.05, 3.63) is 5.82 Å². The van der Waals surface area contributed by atoms with Gasteiger partial charge in [-0.2, -0.15) is 28.1 Å². The number of nitrogens with zero attached hydrogens (tertiary/aromatic N) is 4. The van der Waals surface area contributed by atoms with Gasteiger partial charge in [-0.25, -0.2) is 0 Å². The van der Waals surface area contributed by atoms with Crippen LogP contribution in [0.3, 0.4) is 0 Å². The number of nitrogen functional groups attached to an aromatic ring is 1. The minimum Gasteiger partial charge on any atom is -0.368 e. The number of nitrogens with two attached hydrogens (primary N) is 1. The first kappa shape index (κ1) is 14.5. The van der Waals surface area contributed by atoms with Gasteiger partial charge in [0, 0.05) is 13.6 Å². The molecular weight excluding hydrogens is 247 g/mol. The Morgan fingerprint density at radius 3 is 2.33 bits per heavy atom. The molecule has 8 heteroatoms. The highest BCUT2D eigenvalue weighted by atomic mass is 19.4. The molecule has 0 radical (unpaired) electrons. The second-order valence-corrected chi connectivity index (χ2v) is 4.42. The Kier molecular flexibility index (Phi) is 4.31. The number of halogens is 3. The van der Waals surface area contributed by atoms with Crippen LogP contribution in [0.25, 0.3) is 0 Å². The third kappa shape index (κ3) is 4.01. The summed E-state index contributed by atoms with van der Waals surface area (Å²) in [7, 11) is 1.62. The Morgan fingerprint density at radius 1 is 1.22 bits per heavy atom. The minimum absolute atomic E-state index is 0.0597. The lowest BCUT2D eigenvalue weighted by Crippen LogP contribution is -2.25. The van der Waals surface area contributed by atoms with E-state index in [1.807, 2.05) is 13.8 Å². The maximum atomic E-state index is 12.5. The summed E-state index contributed by atoms with van der Waals surface area (Å²) in [6.07, 6.45) is -3.80. The third-order valence-corrected chi connectivity index (χ3v) is 2.28. The summed E-state index contributed by atoms with van der Waals surface area (Å²) in [5.74, 6) is -1.31. The Bertz CT molecular complexity index is 405. The summed E-state index contributed by atoms with van der Waals surface area (Å²) in [5.41, 5.74) is 5.26. The highest BCUT2D eigenvalue weighted by Gasteiger charge is 2.36. The zero-order valence-electron chi connectivity index (χ0n) is 10.5. The standard InChI is InChI=1S/C10H16F3N5/c1-6(2)4-5-18(3)9-16-7(10(11,12)13)15-8(14)17-9/h6H,4-5H2,1-3H3,(H2,14,15,16,17). The summed E-state index contributed by atoms with van der Waals surface area (Å²) < 4.78 is 37.5. The first-order chi connectivity index (χ1) is 8.20. The fourth-order valence-corrected chi connectivity index (χ4v) is 1.23. The van der Waals surface area contributed by atoms with Gasteiger partial charge >= 0.3 is 6.18 Å². The van der Waals surface area contributed by atoms with E-state index in [2.05, 4.69) is 15.0 Å². The lowest BCUT2D eigenvalue weighted by molar-refractivity contribution is -0.144. The summed E-state index contributed by atoms with van der Waals surface area (Å²) >= 11 is 0. The second-order valence-electron chi connectivity index (χ2n) is 4.42. The summed E-state index contributed by atoms with van der Waals surface area (Å²) in [6.45, 7) is 4.60. The second kappa shape index (κ2) is 5.36. The van der Waals surface area contributed by atoms with Gasteiger partial charge in [-0.1, -0.05) is 13.8 Å². The molecule has 102 valence electrons. The molecule has 1 heterocycles. The van der Waals surface area contributed by atoms with Gasteiger partial charge in [0.15, 0.2) is 0 Å². The Labute approximate surface area is 103 Å². The van der Waals surface area contributed by atoms with Crippen LogP contribution in [-0.2, 0) is 6.18 Å². The molecule has 0 saturated heterocycles. The molecule has 0 saturated carbocycles. The van der Waals surface area contributed by atoms with E-state index in [1.165, 1.54) is 4.90 Å². The van der Waals surface area contributed by atoms with E-state index >= 15 is 0 Å². The molecule has 0 atom stereocenters.